The number of amides is 1. The number of Topliss-reactive ketones (excluding diaryl/α,β-unsaturated/α-hetero) is 1. The minimum Gasteiger partial charge on any atom is -0.372 e. The van der Waals surface area contributed by atoms with Gasteiger partial charge in [-0.3, -0.25) is 9.59 Å². The predicted molar refractivity (Wildman–Crippen MR) is 58.7 cm³/mol. The molecule has 0 spiro atoms. The van der Waals surface area contributed by atoms with Crippen molar-refractivity contribution < 1.29 is 14.3 Å². The Bertz CT molecular complexity index is 204. The Hall–Kier alpha value is -0.900. The Morgan fingerprint density at radius 2 is 2.00 bits per heavy atom. The maximum Gasteiger partial charge on any atom is 0.222 e. The van der Waals surface area contributed by atoms with E-state index in [4.69, 9.17) is 4.74 Å². The first-order chi connectivity index (χ1) is 7.07. The summed E-state index contributed by atoms with van der Waals surface area (Å²) in [5, 5.41) is 0. The molecule has 0 fully saturated rings. The standard InChI is InChI=1S/C11H21NO3/c1-4-5-6-11(14)12(3)7-8-15-9-10(2)13/h4-9H2,1-3H3. The van der Waals surface area contributed by atoms with Crippen LogP contribution in [0, 0.1) is 0 Å². The number of ketones is 1. The van der Waals surface area contributed by atoms with Gasteiger partial charge in [0.1, 0.15) is 6.61 Å². The van der Waals surface area contributed by atoms with E-state index in [0.29, 0.717) is 19.6 Å². The molecule has 0 rings (SSSR count). The van der Waals surface area contributed by atoms with Crippen LogP contribution in [0.1, 0.15) is 33.1 Å². The Morgan fingerprint density at radius 3 is 2.53 bits per heavy atom. The Labute approximate surface area is 91.6 Å². The predicted octanol–water partition coefficient (Wildman–Crippen LogP) is 1.24. The molecule has 0 N–H and O–H groups in total. The summed E-state index contributed by atoms with van der Waals surface area (Å²) >= 11 is 0. The van der Waals surface area contributed by atoms with E-state index in [1.807, 2.05) is 0 Å². The van der Waals surface area contributed by atoms with Crippen LogP contribution in [0.5, 0.6) is 0 Å². The lowest BCUT2D eigenvalue weighted by Gasteiger charge is -2.16. The molecular weight excluding hydrogens is 194 g/mol. The van der Waals surface area contributed by atoms with Crippen LogP contribution in [0.4, 0.5) is 0 Å². The third-order valence-electron chi connectivity index (χ3n) is 2.05. The number of rotatable bonds is 8. The highest BCUT2D eigenvalue weighted by Gasteiger charge is 2.07. The highest BCUT2D eigenvalue weighted by molar-refractivity contribution is 5.76. The van der Waals surface area contributed by atoms with Gasteiger partial charge in [-0.15, -0.1) is 0 Å². The van der Waals surface area contributed by atoms with Gasteiger partial charge in [0, 0.05) is 20.0 Å². The van der Waals surface area contributed by atoms with Crippen molar-refractivity contribution in [2.75, 3.05) is 26.8 Å². The Kier molecular flexibility index (Phi) is 7.91. The van der Waals surface area contributed by atoms with E-state index in [1.165, 1.54) is 6.92 Å². The van der Waals surface area contributed by atoms with Gasteiger partial charge in [0.15, 0.2) is 5.78 Å². The van der Waals surface area contributed by atoms with Crippen LogP contribution < -0.4 is 0 Å². The molecule has 1 amide bonds. The summed E-state index contributed by atoms with van der Waals surface area (Å²) in [5.74, 6) is 0.151. The molecule has 4 heteroatoms. The quantitative estimate of drug-likeness (QED) is 0.572. The minimum absolute atomic E-state index is 0.00922. The molecule has 0 aromatic heterocycles. The lowest BCUT2D eigenvalue weighted by molar-refractivity contribution is -0.130. The monoisotopic (exact) mass is 215 g/mol. The molecule has 0 heterocycles. The lowest BCUT2D eigenvalue weighted by atomic mass is 10.2. The number of nitrogens with zero attached hydrogens (tertiary/aromatic N) is 1. The molecule has 0 aromatic rings. The van der Waals surface area contributed by atoms with Crippen molar-refractivity contribution in [1.82, 2.24) is 4.90 Å². The molecule has 0 radical (unpaired) electrons. The van der Waals surface area contributed by atoms with Crippen molar-refractivity contribution in [1.29, 1.82) is 0 Å². The first-order valence-corrected chi connectivity index (χ1v) is 5.39. The molecule has 0 saturated heterocycles. The molecular formula is C11H21NO3. The fourth-order valence-electron chi connectivity index (χ4n) is 1.06. The average molecular weight is 215 g/mol. The number of hydrogen-bond acceptors (Lipinski definition) is 3. The second-order valence-corrected chi connectivity index (χ2v) is 3.67. The van der Waals surface area contributed by atoms with Gasteiger partial charge in [0.05, 0.1) is 6.61 Å². The van der Waals surface area contributed by atoms with E-state index >= 15 is 0 Å². The van der Waals surface area contributed by atoms with E-state index in [0.717, 1.165) is 12.8 Å². The molecule has 0 aromatic carbocycles. The zero-order chi connectivity index (χ0) is 11.7. The van der Waals surface area contributed by atoms with Crippen molar-refractivity contribution in [3.05, 3.63) is 0 Å². The first kappa shape index (κ1) is 14.1. The van der Waals surface area contributed by atoms with Gasteiger partial charge in [-0.2, -0.15) is 0 Å². The zero-order valence-corrected chi connectivity index (χ0v) is 9.91. The van der Waals surface area contributed by atoms with Gasteiger partial charge in [-0.1, -0.05) is 13.3 Å². The molecule has 88 valence electrons. The minimum atomic E-state index is 0.00922. The van der Waals surface area contributed by atoms with Gasteiger partial charge >= 0.3 is 0 Å². The maximum absolute atomic E-state index is 11.4. The molecule has 0 saturated carbocycles. The number of ether oxygens (including phenoxy) is 1. The summed E-state index contributed by atoms with van der Waals surface area (Å²) in [6.07, 6.45) is 2.55. The van der Waals surface area contributed by atoms with E-state index in [1.54, 1.807) is 11.9 Å². The van der Waals surface area contributed by atoms with Gasteiger partial charge < -0.3 is 9.64 Å². The number of unbranched alkanes of at least 4 members (excludes halogenated alkanes) is 1. The molecule has 0 bridgehead atoms. The topological polar surface area (TPSA) is 46.6 Å². The van der Waals surface area contributed by atoms with Crippen molar-refractivity contribution in [2.24, 2.45) is 0 Å². The van der Waals surface area contributed by atoms with Crippen LogP contribution >= 0.6 is 0 Å². The van der Waals surface area contributed by atoms with Crippen molar-refractivity contribution >= 4 is 11.7 Å². The van der Waals surface area contributed by atoms with Crippen LogP contribution in [-0.4, -0.2) is 43.4 Å². The van der Waals surface area contributed by atoms with Crippen LogP contribution in [0.3, 0.4) is 0 Å². The molecule has 0 aliphatic heterocycles. The highest BCUT2D eigenvalue weighted by atomic mass is 16.5. The van der Waals surface area contributed by atoms with E-state index < -0.39 is 0 Å². The van der Waals surface area contributed by atoms with E-state index in [-0.39, 0.29) is 18.3 Å². The molecule has 0 aliphatic rings. The zero-order valence-electron chi connectivity index (χ0n) is 9.91. The second kappa shape index (κ2) is 8.41. The summed E-state index contributed by atoms with van der Waals surface area (Å²) in [5.41, 5.74) is 0. The molecule has 0 atom stereocenters. The van der Waals surface area contributed by atoms with Gasteiger partial charge in [-0.05, 0) is 13.3 Å². The largest absolute Gasteiger partial charge is 0.372 e. The van der Waals surface area contributed by atoms with E-state index in [2.05, 4.69) is 6.92 Å². The van der Waals surface area contributed by atoms with Crippen molar-refractivity contribution in [3.63, 3.8) is 0 Å². The van der Waals surface area contributed by atoms with Gasteiger partial charge in [0.2, 0.25) is 5.91 Å². The summed E-state index contributed by atoms with van der Waals surface area (Å²) in [6, 6.07) is 0. The van der Waals surface area contributed by atoms with Gasteiger partial charge in [-0.25, -0.2) is 0 Å². The van der Waals surface area contributed by atoms with Crippen LogP contribution in [0.2, 0.25) is 0 Å². The molecule has 4 nitrogen and oxygen atoms in total. The van der Waals surface area contributed by atoms with Crippen LogP contribution in [-0.2, 0) is 14.3 Å². The number of likely N-dealkylation sites (N-methyl/N-ethyl adjacent to an activating group) is 1. The summed E-state index contributed by atoms with van der Waals surface area (Å²) in [4.78, 5) is 23.6. The van der Waals surface area contributed by atoms with E-state index in [9.17, 15) is 9.59 Å². The number of carbonyl (C=O) groups is 2. The molecule has 0 unspecified atom stereocenters. The fraction of sp³-hybridized carbons (Fsp3) is 0.818. The van der Waals surface area contributed by atoms with Crippen molar-refractivity contribution in [3.8, 4) is 0 Å². The van der Waals surface area contributed by atoms with Crippen LogP contribution in [0.15, 0.2) is 0 Å². The molecule has 15 heavy (non-hydrogen) atoms. The number of hydrogen-bond donors (Lipinski definition) is 0. The second-order valence-electron chi connectivity index (χ2n) is 3.67. The normalized spacial score (nSPS) is 10.1. The Balaban J connectivity index is 3.50. The van der Waals surface area contributed by atoms with Crippen LogP contribution in [0.25, 0.3) is 0 Å². The Morgan fingerprint density at radius 1 is 1.33 bits per heavy atom. The third kappa shape index (κ3) is 8.12. The number of carbonyl (C=O) groups excluding carboxylic acids is 2. The highest BCUT2D eigenvalue weighted by Crippen LogP contribution is 1.98. The summed E-state index contributed by atoms with van der Waals surface area (Å²) < 4.78 is 5.08. The maximum atomic E-state index is 11.4. The fourth-order valence-corrected chi connectivity index (χ4v) is 1.06. The third-order valence-corrected chi connectivity index (χ3v) is 2.05. The molecule has 0 aliphatic carbocycles. The lowest BCUT2D eigenvalue weighted by Crippen LogP contribution is -2.30. The van der Waals surface area contributed by atoms with Crippen molar-refractivity contribution in [2.45, 2.75) is 33.1 Å². The summed E-state index contributed by atoms with van der Waals surface area (Å²) in [7, 11) is 1.76. The first-order valence-electron chi connectivity index (χ1n) is 5.39. The summed E-state index contributed by atoms with van der Waals surface area (Å²) in [6.45, 7) is 4.65. The average Bonchev–Trinajstić information content (AvgIpc) is 2.20. The SMILES string of the molecule is CCCCC(=O)N(C)CCOCC(C)=O. The van der Waals surface area contributed by atoms with Gasteiger partial charge in [0.25, 0.3) is 0 Å². The smallest absolute Gasteiger partial charge is 0.222 e.